The molecular weight excluding hydrogens is 270 g/mol. The lowest BCUT2D eigenvalue weighted by Gasteiger charge is -2.17. The summed E-state index contributed by atoms with van der Waals surface area (Å²) in [6.07, 6.45) is 3.94. The normalized spacial score (nSPS) is 22.7. The third-order valence-corrected chi connectivity index (χ3v) is 4.94. The number of nitrogens with zero attached hydrogens (tertiary/aromatic N) is 2. The van der Waals surface area contributed by atoms with Gasteiger partial charge < -0.3 is 5.32 Å². The fourth-order valence-electron chi connectivity index (χ4n) is 3.38. The van der Waals surface area contributed by atoms with Gasteiger partial charge in [0.25, 0.3) is 0 Å². The predicted molar refractivity (Wildman–Crippen MR) is 84.0 cm³/mol. The third-order valence-electron chi connectivity index (χ3n) is 4.55. The van der Waals surface area contributed by atoms with Crippen molar-refractivity contribution >= 4 is 22.5 Å². The van der Waals surface area contributed by atoms with Gasteiger partial charge in [-0.15, -0.1) is 11.6 Å². The van der Waals surface area contributed by atoms with E-state index in [1.165, 1.54) is 30.2 Å². The molecule has 0 amide bonds. The molecule has 0 radical (unpaired) electrons. The van der Waals surface area contributed by atoms with E-state index in [2.05, 4.69) is 34.7 Å². The van der Waals surface area contributed by atoms with Gasteiger partial charge in [0.15, 0.2) is 0 Å². The molecule has 0 spiro atoms. The zero-order chi connectivity index (χ0) is 13.9. The molecule has 1 aromatic heterocycles. The molecule has 0 saturated heterocycles. The topological polar surface area (TPSA) is 29.9 Å². The molecule has 0 aliphatic heterocycles. The summed E-state index contributed by atoms with van der Waals surface area (Å²) in [4.78, 5) is 0. The summed E-state index contributed by atoms with van der Waals surface area (Å²) in [6, 6.07) is 8.40. The minimum Gasteiger partial charge on any atom is -0.311 e. The Labute approximate surface area is 125 Å². The number of rotatable bonds is 5. The largest absolute Gasteiger partial charge is 0.311 e. The second-order valence-electron chi connectivity index (χ2n) is 5.82. The first-order chi connectivity index (χ1) is 9.79. The van der Waals surface area contributed by atoms with Crippen molar-refractivity contribution in [3.05, 3.63) is 30.0 Å². The Morgan fingerprint density at radius 3 is 2.95 bits per heavy atom. The highest BCUT2D eigenvalue weighted by Crippen LogP contribution is 2.32. The number of aryl methyl sites for hydroxylation is 1. The zero-order valence-corrected chi connectivity index (χ0v) is 12.7. The second kappa shape index (κ2) is 6.15. The standard InChI is InChI=1S/C16H22ClN3/c1-20-16-8-3-2-7-14(16)15(19-20)11-18-10-13-6-4-5-12(13)9-17/h2-3,7-8,12-13,18H,4-6,9-11H2,1H3. The summed E-state index contributed by atoms with van der Waals surface area (Å²) < 4.78 is 1.96. The molecule has 1 fully saturated rings. The number of benzene rings is 1. The number of hydrogen-bond acceptors (Lipinski definition) is 2. The average Bonchev–Trinajstić information content (AvgIpc) is 3.05. The van der Waals surface area contributed by atoms with Crippen LogP contribution in [0.2, 0.25) is 0 Å². The highest BCUT2D eigenvalue weighted by molar-refractivity contribution is 6.18. The highest BCUT2D eigenvalue weighted by Gasteiger charge is 2.25. The predicted octanol–water partition coefficient (Wildman–Crippen LogP) is 3.32. The Morgan fingerprint density at radius 1 is 1.30 bits per heavy atom. The quantitative estimate of drug-likeness (QED) is 0.857. The van der Waals surface area contributed by atoms with Gasteiger partial charge in [-0.3, -0.25) is 4.68 Å². The third kappa shape index (κ3) is 2.70. The summed E-state index contributed by atoms with van der Waals surface area (Å²) in [5.74, 6) is 2.24. The van der Waals surface area contributed by atoms with Crippen LogP contribution >= 0.6 is 11.6 Å². The van der Waals surface area contributed by atoms with E-state index in [9.17, 15) is 0 Å². The van der Waals surface area contributed by atoms with Crippen molar-refractivity contribution in [1.29, 1.82) is 0 Å². The minimum atomic E-state index is 0.699. The van der Waals surface area contributed by atoms with Crippen LogP contribution in [0, 0.1) is 11.8 Å². The maximum absolute atomic E-state index is 6.04. The van der Waals surface area contributed by atoms with E-state index >= 15 is 0 Å². The lowest BCUT2D eigenvalue weighted by Crippen LogP contribution is -2.25. The molecule has 2 unspecified atom stereocenters. The van der Waals surface area contributed by atoms with E-state index in [4.69, 9.17) is 11.6 Å². The van der Waals surface area contributed by atoms with Gasteiger partial charge in [-0.05, 0) is 37.3 Å². The molecule has 3 nitrogen and oxygen atoms in total. The van der Waals surface area contributed by atoms with E-state index in [-0.39, 0.29) is 0 Å². The summed E-state index contributed by atoms with van der Waals surface area (Å²) >= 11 is 6.04. The number of alkyl halides is 1. The number of para-hydroxylation sites is 1. The average molecular weight is 292 g/mol. The van der Waals surface area contributed by atoms with Crippen molar-refractivity contribution in [1.82, 2.24) is 15.1 Å². The van der Waals surface area contributed by atoms with Crippen LogP contribution in [0.3, 0.4) is 0 Å². The van der Waals surface area contributed by atoms with Gasteiger partial charge in [0.05, 0.1) is 11.2 Å². The van der Waals surface area contributed by atoms with Crippen LogP contribution in [0.4, 0.5) is 0 Å². The number of aromatic nitrogens is 2. The Balaban J connectivity index is 1.63. The molecule has 20 heavy (non-hydrogen) atoms. The minimum absolute atomic E-state index is 0.699. The molecule has 1 aromatic carbocycles. The molecule has 2 atom stereocenters. The lowest BCUT2D eigenvalue weighted by molar-refractivity contribution is 0.394. The number of halogens is 1. The highest BCUT2D eigenvalue weighted by atomic mass is 35.5. The molecule has 1 aliphatic carbocycles. The van der Waals surface area contributed by atoms with E-state index in [1.54, 1.807) is 0 Å². The Hall–Kier alpha value is -1.06. The number of nitrogens with one attached hydrogen (secondary N) is 1. The van der Waals surface area contributed by atoms with Gasteiger partial charge >= 0.3 is 0 Å². The monoisotopic (exact) mass is 291 g/mol. The van der Waals surface area contributed by atoms with Gasteiger partial charge in [-0.2, -0.15) is 5.10 Å². The molecular formula is C16H22ClN3. The van der Waals surface area contributed by atoms with Crippen molar-refractivity contribution in [3.8, 4) is 0 Å². The van der Waals surface area contributed by atoms with Crippen LogP contribution in [-0.2, 0) is 13.6 Å². The first kappa shape index (κ1) is 13.9. The maximum Gasteiger partial charge on any atom is 0.0841 e. The Kier molecular flexibility index (Phi) is 4.27. The van der Waals surface area contributed by atoms with E-state index in [0.29, 0.717) is 5.92 Å². The molecule has 4 heteroatoms. The Morgan fingerprint density at radius 2 is 2.10 bits per heavy atom. The fraction of sp³-hybridized carbons (Fsp3) is 0.562. The molecule has 1 saturated carbocycles. The van der Waals surface area contributed by atoms with Crippen molar-refractivity contribution < 1.29 is 0 Å². The second-order valence-corrected chi connectivity index (χ2v) is 6.13. The molecule has 108 valence electrons. The van der Waals surface area contributed by atoms with Crippen LogP contribution in [0.5, 0.6) is 0 Å². The van der Waals surface area contributed by atoms with Crippen LogP contribution < -0.4 is 5.32 Å². The number of hydrogen-bond donors (Lipinski definition) is 1. The summed E-state index contributed by atoms with van der Waals surface area (Å²) in [6.45, 7) is 1.90. The first-order valence-electron chi connectivity index (χ1n) is 7.47. The van der Waals surface area contributed by atoms with Crippen molar-refractivity contribution in [2.75, 3.05) is 12.4 Å². The summed E-state index contributed by atoms with van der Waals surface area (Å²) in [7, 11) is 2.01. The SMILES string of the molecule is Cn1nc(CNCC2CCCC2CCl)c2ccccc21. The number of fused-ring (bicyclic) bond motifs is 1. The van der Waals surface area contributed by atoms with Gasteiger partial charge in [0, 0.05) is 24.9 Å². The van der Waals surface area contributed by atoms with E-state index < -0.39 is 0 Å². The van der Waals surface area contributed by atoms with Crippen molar-refractivity contribution in [3.63, 3.8) is 0 Å². The van der Waals surface area contributed by atoms with Crippen LogP contribution in [0.15, 0.2) is 24.3 Å². The zero-order valence-electron chi connectivity index (χ0n) is 12.0. The molecule has 1 heterocycles. The molecule has 2 aromatic rings. The van der Waals surface area contributed by atoms with Crippen LogP contribution in [0.1, 0.15) is 25.0 Å². The summed E-state index contributed by atoms with van der Waals surface area (Å²) in [5, 5.41) is 9.45. The van der Waals surface area contributed by atoms with Crippen molar-refractivity contribution in [2.24, 2.45) is 18.9 Å². The van der Waals surface area contributed by atoms with Gasteiger partial charge in [-0.1, -0.05) is 24.6 Å². The summed E-state index contributed by atoms with van der Waals surface area (Å²) in [5.41, 5.74) is 2.34. The smallest absolute Gasteiger partial charge is 0.0841 e. The maximum atomic E-state index is 6.04. The molecule has 1 N–H and O–H groups in total. The van der Waals surface area contributed by atoms with Gasteiger partial charge in [0.1, 0.15) is 0 Å². The first-order valence-corrected chi connectivity index (χ1v) is 8.00. The van der Waals surface area contributed by atoms with Crippen molar-refractivity contribution in [2.45, 2.75) is 25.8 Å². The van der Waals surface area contributed by atoms with E-state index in [0.717, 1.165) is 30.6 Å². The van der Waals surface area contributed by atoms with Gasteiger partial charge in [-0.25, -0.2) is 0 Å². The van der Waals surface area contributed by atoms with Crippen LogP contribution in [-0.4, -0.2) is 22.2 Å². The Bertz CT molecular complexity index is 578. The fourth-order valence-corrected chi connectivity index (χ4v) is 3.79. The lowest BCUT2D eigenvalue weighted by atomic mass is 9.98. The molecule has 0 bridgehead atoms. The van der Waals surface area contributed by atoms with Gasteiger partial charge in [0.2, 0.25) is 0 Å². The molecule has 1 aliphatic rings. The van der Waals surface area contributed by atoms with E-state index in [1.807, 2.05) is 11.7 Å². The molecule has 3 rings (SSSR count). The van der Waals surface area contributed by atoms with Crippen LogP contribution in [0.25, 0.3) is 10.9 Å².